The Morgan fingerprint density at radius 2 is 0.595 bits per heavy atom. The third kappa shape index (κ3) is 15.0. The molecule has 0 bridgehead atoms. The SMILES string of the molecule is CC(=[OH+])[CH-]C(=[OH+])c1ccccc1.CC(=[OH+])[CH-]C(=[OH+])c1ccccc1.CC(=[OH+])[CH-]C(=[OH+])c1ccccc1.[In+3]. The fourth-order valence-electron chi connectivity index (χ4n) is 2.67. The van der Waals surface area contributed by atoms with E-state index in [-0.39, 0.29) is 60.5 Å². The second-order valence-corrected chi connectivity index (χ2v) is 7.61. The molecule has 186 valence electrons. The number of benzene rings is 3. The molecule has 0 heterocycles. The molecule has 0 aliphatic carbocycles. The zero-order valence-electron chi connectivity index (χ0n) is 21.2. The van der Waals surface area contributed by atoms with Crippen LogP contribution in [0.5, 0.6) is 0 Å². The summed E-state index contributed by atoms with van der Waals surface area (Å²) in [6, 6.07) is 27.2. The molecule has 0 radical (unpaired) electrons. The van der Waals surface area contributed by atoms with Gasteiger partial charge in [0.05, 0.1) is 0 Å². The molecule has 0 aliphatic heterocycles. The van der Waals surface area contributed by atoms with Gasteiger partial charge in [-0.3, -0.25) is 14.4 Å². The molecule has 0 saturated carbocycles. The van der Waals surface area contributed by atoms with Crippen molar-refractivity contribution >= 4 is 60.5 Å². The average Bonchev–Trinajstić information content (AvgIpc) is 2.85. The van der Waals surface area contributed by atoms with Crippen molar-refractivity contribution in [3.63, 3.8) is 0 Å². The third-order valence-electron chi connectivity index (χ3n) is 4.25. The standard InChI is InChI=1S/3C10H9O2.In/c3*1-8(11)7-10(12)9-5-3-2-4-6-9;/h3*2-7H,1H3;/q3*-1;+3/p+6. The largest absolute Gasteiger partial charge is 3.00 e. The summed E-state index contributed by atoms with van der Waals surface area (Å²) in [7, 11) is 0. The van der Waals surface area contributed by atoms with Gasteiger partial charge in [0, 0.05) is 20.8 Å². The first kappa shape index (κ1) is 33.2. The second kappa shape index (κ2) is 18.4. The topological polar surface area (TPSA) is 128 Å². The van der Waals surface area contributed by atoms with Crippen LogP contribution in [0.3, 0.4) is 0 Å². The minimum Gasteiger partial charge on any atom is -0.313 e. The van der Waals surface area contributed by atoms with Gasteiger partial charge < -0.3 is 14.4 Å². The third-order valence-corrected chi connectivity index (χ3v) is 4.25. The van der Waals surface area contributed by atoms with E-state index in [1.54, 1.807) is 36.4 Å². The molecule has 3 aromatic rings. The Balaban J connectivity index is 0.000000518. The van der Waals surface area contributed by atoms with Gasteiger partial charge in [0.25, 0.3) is 0 Å². The smallest absolute Gasteiger partial charge is 0.313 e. The van der Waals surface area contributed by atoms with Gasteiger partial charge in [0.15, 0.2) is 0 Å². The summed E-state index contributed by atoms with van der Waals surface area (Å²) in [5, 5.41) is 0. The zero-order chi connectivity index (χ0) is 26.9. The predicted octanol–water partition coefficient (Wildman–Crippen LogP) is 3.67. The summed E-state index contributed by atoms with van der Waals surface area (Å²) in [4.78, 5) is 54.7. The fourth-order valence-corrected chi connectivity index (χ4v) is 2.67. The molecular formula is C30H33InO6+6. The molecule has 0 saturated heterocycles. The molecule has 0 atom stereocenters. The first-order valence-electron chi connectivity index (χ1n) is 11.1. The molecule has 0 aromatic heterocycles. The maximum Gasteiger partial charge on any atom is 3.00 e. The monoisotopic (exact) mass is 604 g/mol. The molecule has 0 fully saturated rings. The van der Waals surface area contributed by atoms with Crippen molar-refractivity contribution in [1.82, 2.24) is 0 Å². The van der Waals surface area contributed by atoms with E-state index >= 15 is 0 Å². The molecule has 3 rings (SSSR count). The van der Waals surface area contributed by atoms with Gasteiger partial charge in [-0.25, -0.2) is 0 Å². The van der Waals surface area contributed by atoms with E-state index in [0.717, 1.165) is 0 Å². The van der Waals surface area contributed by atoms with Gasteiger partial charge in [-0.15, -0.1) is 36.4 Å². The Labute approximate surface area is 236 Å². The number of hydrogen-bond donors (Lipinski definition) is 0. The molecule has 0 unspecified atom stereocenters. The molecule has 37 heavy (non-hydrogen) atoms. The Morgan fingerprint density at radius 1 is 0.405 bits per heavy atom. The molecule has 0 spiro atoms. The Morgan fingerprint density at radius 3 is 0.757 bits per heavy atom. The Kier molecular flexibility index (Phi) is 16.5. The number of ketones is 6. The van der Waals surface area contributed by atoms with E-state index in [0.29, 0.717) is 16.7 Å². The molecular weight excluding hydrogens is 571 g/mol. The summed E-state index contributed by atoms with van der Waals surface area (Å²) >= 11 is 0. The van der Waals surface area contributed by atoms with Crippen molar-refractivity contribution in [2.75, 3.05) is 0 Å². The van der Waals surface area contributed by atoms with Crippen LogP contribution in [0, 0.1) is 19.3 Å². The minimum atomic E-state index is 0. The molecule has 3 aromatic carbocycles. The van der Waals surface area contributed by atoms with E-state index in [2.05, 4.69) is 0 Å². The minimum absolute atomic E-state index is 0. The van der Waals surface area contributed by atoms with E-state index in [9.17, 15) is 14.4 Å². The molecule has 7 heteroatoms. The van der Waals surface area contributed by atoms with Crippen molar-refractivity contribution in [3.8, 4) is 0 Å². The summed E-state index contributed by atoms with van der Waals surface area (Å²) < 4.78 is 0. The fraction of sp³-hybridized carbons (Fsp3) is 0.100. The number of carbonyl (C=O) groups excluding carboxylic acids is 6. The van der Waals surface area contributed by atoms with Crippen molar-refractivity contribution < 1.29 is 28.8 Å². The maximum absolute atomic E-state index is 9.37. The summed E-state index contributed by atoms with van der Waals surface area (Å²) in [6.45, 7) is 4.54. The van der Waals surface area contributed by atoms with Gasteiger partial charge in [-0.2, -0.15) is 0 Å². The summed E-state index contributed by atoms with van der Waals surface area (Å²) in [6.07, 6.45) is 3.94. The van der Waals surface area contributed by atoms with Gasteiger partial charge in [-0.1, -0.05) is 71.3 Å². The maximum atomic E-state index is 9.37. The van der Waals surface area contributed by atoms with Crippen LogP contribution >= 0.6 is 0 Å². The first-order valence-corrected chi connectivity index (χ1v) is 11.1. The Hall–Kier alpha value is -3.84. The van der Waals surface area contributed by atoms with Crippen molar-refractivity contribution in [2.45, 2.75) is 20.8 Å². The summed E-state index contributed by atoms with van der Waals surface area (Å²) in [5.41, 5.74) is 2.10. The van der Waals surface area contributed by atoms with E-state index in [1.807, 2.05) is 54.6 Å². The van der Waals surface area contributed by atoms with Crippen molar-refractivity contribution in [3.05, 3.63) is 127 Å². The van der Waals surface area contributed by atoms with Crippen LogP contribution in [-0.2, 0) is 0 Å². The van der Waals surface area contributed by atoms with Gasteiger partial charge in [0.2, 0.25) is 34.7 Å². The van der Waals surface area contributed by atoms with Crippen molar-refractivity contribution in [1.29, 1.82) is 0 Å². The van der Waals surface area contributed by atoms with Crippen LogP contribution in [0.1, 0.15) is 37.5 Å². The molecule has 6 N–H and O–H groups in total. The van der Waals surface area contributed by atoms with Crippen LogP contribution < -0.4 is 0 Å². The van der Waals surface area contributed by atoms with Crippen LogP contribution in [0.15, 0.2) is 91.0 Å². The molecule has 0 aliphatic rings. The molecule has 0 amide bonds. The second-order valence-electron chi connectivity index (χ2n) is 7.61. The Bertz CT molecular complexity index is 1020. The van der Waals surface area contributed by atoms with Gasteiger partial charge >= 0.3 is 25.8 Å². The normalized spacial score (nSPS) is 8.84. The van der Waals surface area contributed by atoms with Crippen LogP contribution in [0.25, 0.3) is 0 Å². The van der Waals surface area contributed by atoms with Crippen LogP contribution in [0.4, 0.5) is 0 Å². The van der Waals surface area contributed by atoms with Gasteiger partial charge in [-0.05, 0) is 19.3 Å². The number of rotatable bonds is 9. The number of hydrogen-bond acceptors (Lipinski definition) is 0. The van der Waals surface area contributed by atoms with E-state index in [4.69, 9.17) is 14.4 Å². The summed E-state index contributed by atoms with van der Waals surface area (Å²) in [5.74, 6) is 0.519. The molecule has 6 nitrogen and oxygen atoms in total. The average molecular weight is 604 g/mol. The predicted molar refractivity (Wildman–Crippen MR) is 154 cm³/mol. The van der Waals surface area contributed by atoms with E-state index in [1.165, 1.54) is 40.0 Å². The van der Waals surface area contributed by atoms with Crippen LogP contribution in [0.2, 0.25) is 0 Å². The zero-order valence-corrected chi connectivity index (χ0v) is 24.4. The van der Waals surface area contributed by atoms with Gasteiger partial charge in [0.1, 0.15) is 0 Å². The van der Waals surface area contributed by atoms with E-state index < -0.39 is 0 Å². The quantitative estimate of drug-likeness (QED) is 0.153. The first-order chi connectivity index (χ1) is 17.1. The van der Waals surface area contributed by atoms with Crippen LogP contribution in [-0.4, -0.2) is 89.3 Å². The van der Waals surface area contributed by atoms with Crippen molar-refractivity contribution in [2.24, 2.45) is 0 Å².